The number of nitrogens with one attached hydrogen (secondary N) is 1. The third-order valence-electron chi connectivity index (χ3n) is 2.57. The third kappa shape index (κ3) is 3.08. The molecule has 4 nitrogen and oxygen atoms in total. The van der Waals surface area contributed by atoms with E-state index in [4.69, 9.17) is 5.11 Å². The number of phenolic OH excluding ortho intramolecular Hbond substituents is 1. The van der Waals surface area contributed by atoms with Crippen LogP contribution < -0.4 is 5.32 Å². The van der Waals surface area contributed by atoms with Crippen LogP contribution in [-0.4, -0.2) is 16.1 Å². The third-order valence-corrected chi connectivity index (χ3v) is 2.57. The average molecular weight is 261 g/mol. The second-order valence-electron chi connectivity index (χ2n) is 3.97. The van der Waals surface area contributed by atoms with Gasteiger partial charge in [0.25, 0.3) is 5.91 Å². The predicted octanol–water partition coefficient (Wildman–Crippen LogP) is 2.28. The summed E-state index contributed by atoms with van der Waals surface area (Å²) in [5, 5.41) is 21.1. The molecule has 0 saturated carbocycles. The average Bonchev–Trinajstić information content (AvgIpc) is 2.38. The molecule has 0 fully saturated rings. The first-order valence-corrected chi connectivity index (χ1v) is 5.60. The van der Waals surface area contributed by atoms with Crippen molar-refractivity contribution in [2.45, 2.75) is 6.61 Å². The lowest BCUT2D eigenvalue weighted by Gasteiger charge is -2.08. The fraction of sp³-hybridized carbons (Fsp3) is 0.0714. The van der Waals surface area contributed by atoms with E-state index in [2.05, 4.69) is 5.32 Å². The lowest BCUT2D eigenvalue weighted by molar-refractivity contribution is 0.102. The fourth-order valence-corrected chi connectivity index (χ4v) is 1.64. The van der Waals surface area contributed by atoms with Crippen LogP contribution in [0.5, 0.6) is 5.75 Å². The minimum atomic E-state index is -0.615. The molecule has 0 unspecified atom stereocenters. The van der Waals surface area contributed by atoms with Gasteiger partial charge in [-0.3, -0.25) is 4.79 Å². The van der Waals surface area contributed by atoms with E-state index in [0.29, 0.717) is 11.3 Å². The molecule has 0 aliphatic carbocycles. The molecule has 19 heavy (non-hydrogen) atoms. The maximum atomic E-state index is 12.8. The standard InChI is InChI=1S/C14H12FNO3/c15-10-4-5-12(13(18)7-10)14(19)16-11-3-1-2-9(6-11)8-17/h1-7,17-18H,8H2,(H,16,19). The summed E-state index contributed by atoms with van der Waals surface area (Å²) in [6.07, 6.45) is 0. The molecule has 0 aliphatic heterocycles. The number of hydrogen-bond acceptors (Lipinski definition) is 3. The molecule has 2 aromatic rings. The van der Waals surface area contributed by atoms with Crippen molar-refractivity contribution in [2.75, 3.05) is 5.32 Å². The fourth-order valence-electron chi connectivity index (χ4n) is 1.64. The molecule has 0 bridgehead atoms. The molecule has 2 aromatic carbocycles. The molecule has 2 rings (SSSR count). The van der Waals surface area contributed by atoms with Crippen molar-refractivity contribution in [3.8, 4) is 5.75 Å². The molecule has 0 aliphatic rings. The molecule has 0 spiro atoms. The summed E-state index contributed by atoms with van der Waals surface area (Å²) >= 11 is 0. The number of aromatic hydroxyl groups is 1. The van der Waals surface area contributed by atoms with E-state index in [9.17, 15) is 14.3 Å². The summed E-state index contributed by atoms with van der Waals surface area (Å²) in [5.74, 6) is -1.58. The van der Waals surface area contributed by atoms with Gasteiger partial charge in [-0.15, -0.1) is 0 Å². The van der Waals surface area contributed by atoms with E-state index in [0.717, 1.165) is 12.1 Å². The lowest BCUT2D eigenvalue weighted by Crippen LogP contribution is -2.12. The Labute approximate surface area is 109 Å². The first-order valence-electron chi connectivity index (χ1n) is 5.60. The van der Waals surface area contributed by atoms with Gasteiger partial charge < -0.3 is 15.5 Å². The van der Waals surface area contributed by atoms with Crippen LogP contribution >= 0.6 is 0 Å². The van der Waals surface area contributed by atoms with E-state index in [-0.39, 0.29) is 12.2 Å². The second kappa shape index (κ2) is 5.49. The monoisotopic (exact) mass is 261 g/mol. The number of aliphatic hydroxyl groups is 1. The molecule has 98 valence electrons. The van der Waals surface area contributed by atoms with E-state index < -0.39 is 17.5 Å². The summed E-state index contributed by atoms with van der Waals surface area (Å²) in [6.45, 7) is -0.133. The zero-order chi connectivity index (χ0) is 13.8. The van der Waals surface area contributed by atoms with Crippen molar-refractivity contribution in [1.82, 2.24) is 0 Å². The van der Waals surface area contributed by atoms with Crippen LogP contribution in [0.4, 0.5) is 10.1 Å². The van der Waals surface area contributed by atoms with Gasteiger partial charge in [0.05, 0.1) is 12.2 Å². The van der Waals surface area contributed by atoms with Crippen LogP contribution in [0.1, 0.15) is 15.9 Å². The Balaban J connectivity index is 2.20. The summed E-state index contributed by atoms with van der Waals surface area (Å²) < 4.78 is 12.8. The van der Waals surface area contributed by atoms with Crippen molar-refractivity contribution in [1.29, 1.82) is 0 Å². The van der Waals surface area contributed by atoms with Crippen molar-refractivity contribution in [3.05, 3.63) is 59.4 Å². The highest BCUT2D eigenvalue weighted by molar-refractivity contribution is 6.06. The summed E-state index contributed by atoms with van der Waals surface area (Å²) in [6, 6.07) is 9.83. The minimum Gasteiger partial charge on any atom is -0.507 e. The molecular weight excluding hydrogens is 249 g/mol. The molecule has 1 amide bonds. The van der Waals surface area contributed by atoms with Crippen LogP contribution in [0.3, 0.4) is 0 Å². The first kappa shape index (κ1) is 13.0. The highest BCUT2D eigenvalue weighted by atomic mass is 19.1. The zero-order valence-electron chi connectivity index (χ0n) is 9.93. The van der Waals surface area contributed by atoms with E-state index in [1.54, 1.807) is 24.3 Å². The van der Waals surface area contributed by atoms with Crippen LogP contribution in [0, 0.1) is 5.82 Å². The van der Waals surface area contributed by atoms with Crippen LogP contribution in [0.2, 0.25) is 0 Å². The molecule has 0 atom stereocenters. The number of carbonyl (C=O) groups is 1. The molecule has 0 saturated heterocycles. The number of aliphatic hydroxyl groups excluding tert-OH is 1. The maximum absolute atomic E-state index is 12.8. The van der Waals surface area contributed by atoms with Gasteiger partial charge in [0.15, 0.2) is 0 Å². The Morgan fingerprint density at radius 2 is 2.00 bits per heavy atom. The van der Waals surface area contributed by atoms with E-state index >= 15 is 0 Å². The first-order chi connectivity index (χ1) is 9.10. The van der Waals surface area contributed by atoms with E-state index in [1.807, 2.05) is 0 Å². The molecule has 0 aromatic heterocycles. The Bertz CT molecular complexity index is 613. The van der Waals surface area contributed by atoms with Crippen molar-refractivity contribution < 1.29 is 19.4 Å². The number of halogens is 1. The quantitative estimate of drug-likeness (QED) is 0.793. The van der Waals surface area contributed by atoms with Gasteiger partial charge in [-0.05, 0) is 29.8 Å². The Kier molecular flexibility index (Phi) is 3.77. The number of carbonyl (C=O) groups excluding carboxylic acids is 1. The lowest BCUT2D eigenvalue weighted by atomic mass is 10.1. The topological polar surface area (TPSA) is 69.6 Å². The number of phenols is 1. The number of rotatable bonds is 3. The smallest absolute Gasteiger partial charge is 0.259 e. The van der Waals surface area contributed by atoms with Gasteiger partial charge in [-0.1, -0.05) is 12.1 Å². The summed E-state index contributed by atoms with van der Waals surface area (Å²) in [7, 11) is 0. The predicted molar refractivity (Wildman–Crippen MR) is 68.4 cm³/mol. The Morgan fingerprint density at radius 3 is 2.68 bits per heavy atom. The van der Waals surface area contributed by atoms with Gasteiger partial charge in [0.1, 0.15) is 11.6 Å². The van der Waals surface area contributed by atoms with Gasteiger partial charge in [0, 0.05) is 11.8 Å². The molecular formula is C14H12FNO3. The Hall–Kier alpha value is -2.40. The highest BCUT2D eigenvalue weighted by Gasteiger charge is 2.12. The summed E-state index contributed by atoms with van der Waals surface area (Å²) in [4.78, 5) is 11.9. The second-order valence-corrected chi connectivity index (χ2v) is 3.97. The maximum Gasteiger partial charge on any atom is 0.259 e. The van der Waals surface area contributed by atoms with Gasteiger partial charge in [-0.2, -0.15) is 0 Å². The number of anilines is 1. The number of benzene rings is 2. The van der Waals surface area contributed by atoms with Crippen LogP contribution in [-0.2, 0) is 6.61 Å². The van der Waals surface area contributed by atoms with Gasteiger partial charge in [0.2, 0.25) is 0 Å². The summed E-state index contributed by atoms with van der Waals surface area (Å²) in [5.41, 5.74) is 1.12. The van der Waals surface area contributed by atoms with Crippen LogP contribution in [0.15, 0.2) is 42.5 Å². The van der Waals surface area contributed by atoms with Crippen molar-refractivity contribution in [2.24, 2.45) is 0 Å². The SMILES string of the molecule is O=C(Nc1cccc(CO)c1)c1ccc(F)cc1O. The van der Waals surface area contributed by atoms with Crippen LogP contribution in [0.25, 0.3) is 0 Å². The van der Waals surface area contributed by atoms with Crippen molar-refractivity contribution >= 4 is 11.6 Å². The minimum absolute atomic E-state index is 0.0178. The molecule has 0 radical (unpaired) electrons. The van der Waals surface area contributed by atoms with E-state index in [1.165, 1.54) is 6.07 Å². The molecule has 0 heterocycles. The normalized spacial score (nSPS) is 10.2. The number of amides is 1. The van der Waals surface area contributed by atoms with Gasteiger partial charge in [-0.25, -0.2) is 4.39 Å². The highest BCUT2D eigenvalue weighted by Crippen LogP contribution is 2.20. The Morgan fingerprint density at radius 1 is 1.21 bits per heavy atom. The largest absolute Gasteiger partial charge is 0.507 e. The molecule has 5 heteroatoms. The number of hydrogen-bond donors (Lipinski definition) is 3. The zero-order valence-corrected chi connectivity index (χ0v) is 9.93. The molecule has 3 N–H and O–H groups in total. The van der Waals surface area contributed by atoms with Crippen molar-refractivity contribution in [3.63, 3.8) is 0 Å². The van der Waals surface area contributed by atoms with Gasteiger partial charge >= 0.3 is 0 Å².